The summed E-state index contributed by atoms with van der Waals surface area (Å²) in [6, 6.07) is 12.0. The first-order valence-corrected chi connectivity index (χ1v) is 7.58. The Kier molecular flexibility index (Phi) is 5.53. The summed E-state index contributed by atoms with van der Waals surface area (Å²) in [4.78, 5) is 16.1. The first-order valence-electron chi connectivity index (χ1n) is 7.58. The van der Waals surface area contributed by atoms with Crippen molar-refractivity contribution in [1.29, 1.82) is 0 Å². The van der Waals surface area contributed by atoms with Crippen molar-refractivity contribution >= 4 is 11.6 Å². The van der Waals surface area contributed by atoms with Gasteiger partial charge in [0.1, 0.15) is 5.69 Å². The lowest BCUT2D eigenvalue weighted by Gasteiger charge is -2.10. The van der Waals surface area contributed by atoms with E-state index in [-0.39, 0.29) is 5.91 Å². The first kappa shape index (κ1) is 16.0. The molecule has 2 N–H and O–H groups in total. The van der Waals surface area contributed by atoms with Crippen LogP contribution >= 0.6 is 0 Å². The molecule has 0 saturated carbocycles. The minimum absolute atomic E-state index is 0.132. The monoisotopic (exact) mass is 297 g/mol. The highest BCUT2D eigenvalue weighted by atomic mass is 16.1. The maximum Gasteiger partial charge on any atom is 0.269 e. The van der Waals surface area contributed by atoms with Crippen LogP contribution in [0.4, 0.5) is 5.69 Å². The van der Waals surface area contributed by atoms with Gasteiger partial charge in [-0.15, -0.1) is 0 Å². The summed E-state index contributed by atoms with van der Waals surface area (Å²) in [6.45, 7) is 7.57. The minimum Gasteiger partial charge on any atom is -0.381 e. The Morgan fingerprint density at radius 3 is 2.59 bits per heavy atom. The van der Waals surface area contributed by atoms with Crippen molar-refractivity contribution < 1.29 is 4.79 Å². The van der Waals surface area contributed by atoms with Crippen LogP contribution in [-0.2, 0) is 6.54 Å². The molecule has 0 radical (unpaired) electrons. The average molecular weight is 297 g/mol. The zero-order valence-corrected chi connectivity index (χ0v) is 13.4. The van der Waals surface area contributed by atoms with E-state index in [1.807, 2.05) is 6.07 Å². The highest BCUT2D eigenvalue weighted by molar-refractivity contribution is 5.93. The molecule has 1 heterocycles. The minimum atomic E-state index is -0.132. The highest BCUT2D eigenvalue weighted by Gasteiger charge is 2.08. The summed E-state index contributed by atoms with van der Waals surface area (Å²) < 4.78 is 0. The molecular formula is C18H23N3O. The van der Waals surface area contributed by atoms with Gasteiger partial charge in [0, 0.05) is 25.0 Å². The summed E-state index contributed by atoms with van der Waals surface area (Å²) in [6.07, 6.45) is 1.65. The Morgan fingerprint density at radius 2 is 1.91 bits per heavy atom. The number of benzene rings is 1. The molecule has 1 aromatic heterocycles. The van der Waals surface area contributed by atoms with Crippen LogP contribution in [-0.4, -0.2) is 17.4 Å². The number of aryl methyl sites for hydroxylation is 1. The molecule has 0 bridgehead atoms. The molecule has 0 spiro atoms. The lowest BCUT2D eigenvalue weighted by atomic mass is 10.1. The van der Waals surface area contributed by atoms with Crippen LogP contribution in [0.25, 0.3) is 0 Å². The Morgan fingerprint density at radius 1 is 1.18 bits per heavy atom. The number of pyridine rings is 1. The summed E-state index contributed by atoms with van der Waals surface area (Å²) in [7, 11) is 0. The second-order valence-corrected chi connectivity index (χ2v) is 5.87. The van der Waals surface area contributed by atoms with Gasteiger partial charge in [0.25, 0.3) is 5.91 Å². The van der Waals surface area contributed by atoms with Gasteiger partial charge in [-0.2, -0.15) is 0 Å². The number of carbonyl (C=O) groups is 1. The predicted octanol–water partition coefficient (Wildman–Crippen LogP) is 3.39. The molecule has 0 fully saturated rings. The maximum atomic E-state index is 12.0. The molecule has 4 nitrogen and oxygen atoms in total. The molecule has 0 saturated heterocycles. The number of amides is 1. The quantitative estimate of drug-likeness (QED) is 0.859. The van der Waals surface area contributed by atoms with Crippen molar-refractivity contribution in [3.05, 3.63) is 59.4 Å². The van der Waals surface area contributed by atoms with Crippen LogP contribution in [0.1, 0.15) is 35.5 Å². The summed E-state index contributed by atoms with van der Waals surface area (Å²) in [5, 5.41) is 6.20. The molecule has 0 unspecified atom stereocenters. The van der Waals surface area contributed by atoms with Crippen molar-refractivity contribution in [3.63, 3.8) is 0 Å². The van der Waals surface area contributed by atoms with E-state index in [0.29, 0.717) is 18.2 Å². The van der Waals surface area contributed by atoms with Crippen molar-refractivity contribution in [3.8, 4) is 0 Å². The van der Waals surface area contributed by atoms with E-state index in [2.05, 4.69) is 60.7 Å². The second-order valence-electron chi connectivity index (χ2n) is 5.87. The van der Waals surface area contributed by atoms with Crippen LogP contribution < -0.4 is 10.6 Å². The standard InChI is InChI=1S/C18H23N3O/c1-13(2)11-21-18(22)17-10-16(8-9-19-17)20-12-15-6-4-14(3)5-7-15/h4-10,13H,11-12H2,1-3H3,(H,19,20)(H,21,22). The van der Waals surface area contributed by atoms with E-state index < -0.39 is 0 Å². The van der Waals surface area contributed by atoms with Crippen molar-refractivity contribution in [2.24, 2.45) is 5.92 Å². The first-order chi connectivity index (χ1) is 10.5. The maximum absolute atomic E-state index is 12.0. The molecule has 2 aromatic rings. The number of hydrogen-bond acceptors (Lipinski definition) is 3. The Labute approximate surface area is 132 Å². The van der Waals surface area contributed by atoms with Crippen LogP contribution in [0.3, 0.4) is 0 Å². The number of carbonyl (C=O) groups excluding carboxylic acids is 1. The van der Waals surface area contributed by atoms with Crippen LogP contribution in [0, 0.1) is 12.8 Å². The third-order valence-electron chi connectivity index (χ3n) is 3.28. The van der Waals surface area contributed by atoms with Crippen LogP contribution in [0.15, 0.2) is 42.6 Å². The number of rotatable bonds is 6. The fourth-order valence-corrected chi connectivity index (χ4v) is 1.96. The predicted molar refractivity (Wildman–Crippen MR) is 89.9 cm³/mol. The molecule has 2 rings (SSSR count). The van der Waals surface area contributed by atoms with Crippen molar-refractivity contribution in [2.75, 3.05) is 11.9 Å². The number of aromatic nitrogens is 1. The Balaban J connectivity index is 1.96. The van der Waals surface area contributed by atoms with E-state index >= 15 is 0 Å². The van der Waals surface area contributed by atoms with E-state index in [1.165, 1.54) is 11.1 Å². The normalized spacial score (nSPS) is 10.5. The molecular weight excluding hydrogens is 274 g/mol. The Hall–Kier alpha value is -2.36. The van der Waals surface area contributed by atoms with Crippen LogP contribution in [0.5, 0.6) is 0 Å². The zero-order chi connectivity index (χ0) is 15.9. The second kappa shape index (κ2) is 7.59. The van der Waals surface area contributed by atoms with Gasteiger partial charge in [-0.3, -0.25) is 9.78 Å². The molecule has 1 amide bonds. The highest BCUT2D eigenvalue weighted by Crippen LogP contribution is 2.11. The summed E-state index contributed by atoms with van der Waals surface area (Å²) in [5.74, 6) is 0.291. The number of nitrogens with zero attached hydrogens (tertiary/aromatic N) is 1. The summed E-state index contributed by atoms with van der Waals surface area (Å²) >= 11 is 0. The molecule has 4 heteroatoms. The van der Waals surface area contributed by atoms with Gasteiger partial charge in [-0.25, -0.2) is 0 Å². The Bertz CT molecular complexity index is 620. The molecule has 1 aromatic carbocycles. The lowest BCUT2D eigenvalue weighted by Crippen LogP contribution is -2.28. The van der Waals surface area contributed by atoms with E-state index in [1.54, 1.807) is 12.3 Å². The fourth-order valence-electron chi connectivity index (χ4n) is 1.96. The topological polar surface area (TPSA) is 54.0 Å². The van der Waals surface area contributed by atoms with E-state index in [0.717, 1.165) is 12.2 Å². The van der Waals surface area contributed by atoms with E-state index in [4.69, 9.17) is 0 Å². The molecule has 0 aliphatic rings. The number of hydrogen-bond donors (Lipinski definition) is 2. The number of nitrogens with one attached hydrogen (secondary N) is 2. The lowest BCUT2D eigenvalue weighted by molar-refractivity contribution is 0.0944. The fraction of sp³-hybridized carbons (Fsp3) is 0.333. The SMILES string of the molecule is Cc1ccc(CNc2ccnc(C(=O)NCC(C)C)c2)cc1. The smallest absolute Gasteiger partial charge is 0.269 e. The number of anilines is 1. The van der Waals surface area contributed by atoms with Gasteiger partial charge in [0.05, 0.1) is 0 Å². The van der Waals surface area contributed by atoms with Gasteiger partial charge in [-0.1, -0.05) is 43.7 Å². The van der Waals surface area contributed by atoms with Crippen molar-refractivity contribution in [2.45, 2.75) is 27.3 Å². The van der Waals surface area contributed by atoms with Gasteiger partial charge in [-0.05, 0) is 30.5 Å². The molecule has 116 valence electrons. The molecule has 0 aliphatic carbocycles. The van der Waals surface area contributed by atoms with Gasteiger partial charge in [0.2, 0.25) is 0 Å². The third-order valence-corrected chi connectivity index (χ3v) is 3.28. The third kappa shape index (κ3) is 4.88. The van der Waals surface area contributed by atoms with Crippen molar-refractivity contribution in [1.82, 2.24) is 10.3 Å². The summed E-state index contributed by atoms with van der Waals surface area (Å²) in [5.41, 5.74) is 3.78. The zero-order valence-electron chi connectivity index (χ0n) is 13.4. The largest absolute Gasteiger partial charge is 0.381 e. The van der Waals surface area contributed by atoms with E-state index in [9.17, 15) is 4.79 Å². The molecule has 22 heavy (non-hydrogen) atoms. The van der Waals surface area contributed by atoms with Gasteiger partial charge < -0.3 is 10.6 Å². The van der Waals surface area contributed by atoms with Gasteiger partial charge in [0.15, 0.2) is 0 Å². The van der Waals surface area contributed by atoms with Gasteiger partial charge >= 0.3 is 0 Å². The molecule has 0 atom stereocenters. The average Bonchev–Trinajstić information content (AvgIpc) is 2.52. The van der Waals surface area contributed by atoms with Crippen LogP contribution in [0.2, 0.25) is 0 Å². The molecule has 0 aliphatic heterocycles.